The Bertz CT molecular complexity index is 468. The van der Waals surface area contributed by atoms with Crippen molar-refractivity contribution < 1.29 is 9.53 Å². The van der Waals surface area contributed by atoms with Gasteiger partial charge in [0.05, 0.1) is 0 Å². The minimum atomic E-state index is -0.421. The van der Waals surface area contributed by atoms with Gasteiger partial charge in [-0.3, -0.25) is 0 Å². The first-order valence-corrected chi connectivity index (χ1v) is 7.01. The van der Waals surface area contributed by atoms with E-state index < -0.39 is 5.60 Å². The van der Waals surface area contributed by atoms with Crippen molar-refractivity contribution in [3.05, 3.63) is 29.8 Å². The molecule has 0 radical (unpaired) electrons. The highest BCUT2D eigenvalue weighted by Crippen LogP contribution is 2.29. The molecule has 110 valence electrons. The minimum absolute atomic E-state index is 0.210. The van der Waals surface area contributed by atoms with E-state index in [1.54, 1.807) is 4.90 Å². The number of ether oxygens (including phenoxy) is 1. The van der Waals surface area contributed by atoms with Crippen LogP contribution in [0.4, 0.5) is 10.5 Å². The third-order valence-electron chi connectivity index (χ3n) is 3.41. The molecule has 0 bridgehead atoms. The van der Waals surface area contributed by atoms with E-state index in [1.165, 1.54) is 11.3 Å². The van der Waals surface area contributed by atoms with Gasteiger partial charge in [-0.15, -0.1) is 0 Å². The summed E-state index contributed by atoms with van der Waals surface area (Å²) in [5, 5.41) is 0. The molecular formula is C16H24N2O2. The molecule has 0 aliphatic carbocycles. The zero-order chi connectivity index (χ0) is 14.9. The number of benzene rings is 1. The van der Waals surface area contributed by atoms with Gasteiger partial charge in [-0.05, 0) is 38.5 Å². The fourth-order valence-electron chi connectivity index (χ4n) is 2.21. The van der Waals surface area contributed by atoms with Crippen LogP contribution in [0.1, 0.15) is 32.3 Å². The molecule has 1 heterocycles. The zero-order valence-corrected chi connectivity index (χ0v) is 13.0. The van der Waals surface area contributed by atoms with Gasteiger partial charge in [-0.2, -0.15) is 0 Å². The van der Waals surface area contributed by atoms with Gasteiger partial charge in [0.1, 0.15) is 5.60 Å². The van der Waals surface area contributed by atoms with Crippen molar-refractivity contribution in [2.45, 2.75) is 32.3 Å². The fourth-order valence-corrected chi connectivity index (χ4v) is 2.21. The molecule has 0 spiro atoms. The van der Waals surface area contributed by atoms with Crippen LogP contribution in [-0.2, 0) is 4.74 Å². The molecule has 0 atom stereocenters. The monoisotopic (exact) mass is 276 g/mol. The van der Waals surface area contributed by atoms with Crippen molar-refractivity contribution in [1.82, 2.24) is 4.90 Å². The quantitative estimate of drug-likeness (QED) is 0.832. The van der Waals surface area contributed by atoms with E-state index in [-0.39, 0.29) is 6.09 Å². The summed E-state index contributed by atoms with van der Waals surface area (Å²) in [5.74, 6) is 0.429. The van der Waals surface area contributed by atoms with Gasteiger partial charge in [0.2, 0.25) is 0 Å². The van der Waals surface area contributed by atoms with Gasteiger partial charge in [-0.25, -0.2) is 4.79 Å². The van der Waals surface area contributed by atoms with Gasteiger partial charge >= 0.3 is 6.09 Å². The second-order valence-corrected chi connectivity index (χ2v) is 6.57. The molecule has 1 aromatic carbocycles. The molecule has 1 saturated heterocycles. The summed E-state index contributed by atoms with van der Waals surface area (Å²) in [6.07, 6.45) is -0.210. The van der Waals surface area contributed by atoms with Gasteiger partial charge in [0.25, 0.3) is 0 Å². The first kappa shape index (κ1) is 14.7. The van der Waals surface area contributed by atoms with Gasteiger partial charge in [-0.1, -0.05) is 12.1 Å². The minimum Gasteiger partial charge on any atom is -0.444 e. The average molecular weight is 276 g/mol. The molecule has 1 aliphatic rings. The maximum atomic E-state index is 11.9. The van der Waals surface area contributed by atoms with E-state index in [2.05, 4.69) is 29.2 Å². The maximum Gasteiger partial charge on any atom is 0.410 e. The predicted octanol–water partition coefficient (Wildman–Crippen LogP) is 3.09. The highest BCUT2D eigenvalue weighted by Gasteiger charge is 2.34. The molecule has 4 heteroatoms. The second-order valence-electron chi connectivity index (χ2n) is 6.57. The Morgan fingerprint density at radius 3 is 2.20 bits per heavy atom. The lowest BCUT2D eigenvalue weighted by molar-refractivity contribution is 0.00820. The third kappa shape index (κ3) is 3.44. The van der Waals surface area contributed by atoms with Crippen LogP contribution in [0.15, 0.2) is 24.3 Å². The fraction of sp³-hybridized carbons (Fsp3) is 0.562. The zero-order valence-electron chi connectivity index (χ0n) is 13.0. The maximum absolute atomic E-state index is 11.9. The van der Waals surface area contributed by atoms with Crippen molar-refractivity contribution in [2.24, 2.45) is 0 Å². The normalized spacial score (nSPS) is 15.8. The van der Waals surface area contributed by atoms with E-state index >= 15 is 0 Å². The Morgan fingerprint density at radius 2 is 1.75 bits per heavy atom. The molecule has 1 fully saturated rings. The summed E-state index contributed by atoms with van der Waals surface area (Å²) in [6.45, 7) is 7.17. The molecule has 2 rings (SSSR count). The summed E-state index contributed by atoms with van der Waals surface area (Å²) >= 11 is 0. The molecular weight excluding hydrogens is 252 g/mol. The number of nitrogens with zero attached hydrogens (tertiary/aromatic N) is 2. The molecule has 1 aliphatic heterocycles. The number of likely N-dealkylation sites (tertiary alicyclic amines) is 1. The van der Waals surface area contributed by atoms with Gasteiger partial charge in [0, 0.05) is 38.8 Å². The molecule has 0 unspecified atom stereocenters. The largest absolute Gasteiger partial charge is 0.444 e. The van der Waals surface area contributed by atoms with E-state index in [0.29, 0.717) is 5.92 Å². The SMILES string of the molecule is CN(C)c1ccc(C2CN(C(=O)OC(C)(C)C)C2)cc1. The van der Waals surface area contributed by atoms with Crippen LogP contribution in [0.25, 0.3) is 0 Å². The Kier molecular flexibility index (Phi) is 3.93. The lowest BCUT2D eigenvalue weighted by Crippen LogP contribution is -2.50. The lowest BCUT2D eigenvalue weighted by atomic mass is 9.92. The smallest absolute Gasteiger partial charge is 0.410 e. The molecule has 1 aromatic rings. The van der Waals surface area contributed by atoms with Crippen LogP contribution < -0.4 is 4.90 Å². The highest BCUT2D eigenvalue weighted by atomic mass is 16.6. The Hall–Kier alpha value is -1.71. The standard InChI is InChI=1S/C16H24N2O2/c1-16(2,3)20-15(19)18-10-13(11-18)12-6-8-14(9-7-12)17(4)5/h6-9,13H,10-11H2,1-5H3. The molecule has 0 saturated carbocycles. The number of anilines is 1. The van der Waals surface area contributed by atoms with Crippen LogP contribution in [-0.4, -0.2) is 43.8 Å². The summed E-state index contributed by atoms with van der Waals surface area (Å²) in [6, 6.07) is 8.52. The van der Waals surface area contributed by atoms with Crippen LogP contribution in [0, 0.1) is 0 Å². The molecule has 0 aromatic heterocycles. The van der Waals surface area contributed by atoms with Crippen molar-refractivity contribution in [2.75, 3.05) is 32.1 Å². The number of carbonyl (C=O) groups is 1. The molecule has 4 nitrogen and oxygen atoms in total. The molecule has 20 heavy (non-hydrogen) atoms. The van der Waals surface area contributed by atoms with E-state index in [1.807, 2.05) is 34.9 Å². The van der Waals surface area contributed by atoms with Gasteiger partial charge < -0.3 is 14.5 Å². The number of hydrogen-bond donors (Lipinski definition) is 0. The third-order valence-corrected chi connectivity index (χ3v) is 3.41. The van der Waals surface area contributed by atoms with Crippen LogP contribution in [0.2, 0.25) is 0 Å². The predicted molar refractivity (Wildman–Crippen MR) is 81.3 cm³/mol. The molecule has 0 N–H and O–H groups in total. The lowest BCUT2D eigenvalue weighted by Gasteiger charge is -2.40. The number of amides is 1. The first-order valence-electron chi connectivity index (χ1n) is 7.01. The summed E-state index contributed by atoms with van der Waals surface area (Å²) in [5.41, 5.74) is 2.06. The molecule has 1 amide bonds. The Morgan fingerprint density at radius 1 is 1.20 bits per heavy atom. The summed E-state index contributed by atoms with van der Waals surface area (Å²) in [4.78, 5) is 15.7. The van der Waals surface area contributed by atoms with Crippen molar-refractivity contribution >= 4 is 11.8 Å². The number of hydrogen-bond acceptors (Lipinski definition) is 3. The van der Waals surface area contributed by atoms with Crippen molar-refractivity contribution in [3.63, 3.8) is 0 Å². The number of carbonyl (C=O) groups excluding carboxylic acids is 1. The van der Waals surface area contributed by atoms with Crippen LogP contribution in [0.5, 0.6) is 0 Å². The topological polar surface area (TPSA) is 32.8 Å². The van der Waals surface area contributed by atoms with E-state index in [4.69, 9.17) is 4.74 Å². The average Bonchev–Trinajstić information content (AvgIpc) is 2.25. The highest BCUT2D eigenvalue weighted by molar-refractivity contribution is 5.69. The van der Waals surface area contributed by atoms with Gasteiger partial charge in [0.15, 0.2) is 0 Å². The summed E-state index contributed by atoms with van der Waals surface area (Å²) in [7, 11) is 4.06. The van der Waals surface area contributed by atoms with Crippen LogP contribution in [0.3, 0.4) is 0 Å². The van der Waals surface area contributed by atoms with Crippen molar-refractivity contribution in [3.8, 4) is 0 Å². The first-order chi connectivity index (χ1) is 9.26. The van der Waals surface area contributed by atoms with E-state index in [0.717, 1.165) is 13.1 Å². The Labute approximate surface area is 121 Å². The Balaban J connectivity index is 1.88. The second kappa shape index (κ2) is 5.35. The van der Waals surface area contributed by atoms with E-state index in [9.17, 15) is 4.79 Å². The summed E-state index contributed by atoms with van der Waals surface area (Å²) < 4.78 is 5.36. The van der Waals surface area contributed by atoms with Crippen LogP contribution >= 0.6 is 0 Å². The van der Waals surface area contributed by atoms with Crippen molar-refractivity contribution in [1.29, 1.82) is 0 Å². The number of rotatable bonds is 2.